The molecule has 12 heteroatoms. The maximum atomic E-state index is 14.0. The summed E-state index contributed by atoms with van der Waals surface area (Å²) in [5.74, 6) is -0.630. The van der Waals surface area contributed by atoms with Gasteiger partial charge in [0, 0.05) is 29.4 Å². The van der Waals surface area contributed by atoms with Crippen LogP contribution in [-0.4, -0.2) is 45.1 Å². The van der Waals surface area contributed by atoms with Crippen LogP contribution in [0.1, 0.15) is 36.1 Å². The first-order chi connectivity index (χ1) is 20.1. The minimum atomic E-state index is -4.86. The topological polar surface area (TPSA) is 86.3 Å². The van der Waals surface area contributed by atoms with Gasteiger partial charge in [-0.3, -0.25) is 9.59 Å². The number of fused-ring (bicyclic) bond motifs is 1. The number of methoxy groups -OCH3 is 1. The minimum absolute atomic E-state index is 0.114. The number of rotatable bonds is 12. The molecule has 1 aliphatic rings. The molecular formula is C30H30ClF3N2O6. The Hall–Kier alpha value is -3.96. The van der Waals surface area contributed by atoms with Crippen LogP contribution in [0.25, 0.3) is 0 Å². The van der Waals surface area contributed by atoms with Crippen molar-refractivity contribution in [1.29, 1.82) is 0 Å². The maximum absolute atomic E-state index is 14.0. The Balaban J connectivity index is 1.59. The number of nitrogens with one attached hydrogen (secondary N) is 1. The first kappa shape index (κ1) is 31.0. The fourth-order valence-electron chi connectivity index (χ4n) is 4.57. The third-order valence-corrected chi connectivity index (χ3v) is 6.69. The van der Waals surface area contributed by atoms with E-state index in [9.17, 15) is 22.8 Å². The molecule has 3 aromatic rings. The Bertz CT molecular complexity index is 1400. The summed E-state index contributed by atoms with van der Waals surface area (Å²) in [7, 11) is 1.51. The summed E-state index contributed by atoms with van der Waals surface area (Å²) in [6, 6.07) is 15.1. The molecule has 4 rings (SSSR count). The molecule has 0 bridgehead atoms. The van der Waals surface area contributed by atoms with Gasteiger partial charge in [-0.1, -0.05) is 29.8 Å². The van der Waals surface area contributed by atoms with Crippen LogP contribution in [0, 0.1) is 0 Å². The summed E-state index contributed by atoms with van der Waals surface area (Å²) < 4.78 is 58.7. The van der Waals surface area contributed by atoms with E-state index in [4.69, 9.17) is 25.8 Å². The predicted octanol–water partition coefficient (Wildman–Crippen LogP) is 6.46. The highest BCUT2D eigenvalue weighted by Gasteiger charge is 2.34. The van der Waals surface area contributed by atoms with Crippen molar-refractivity contribution in [1.82, 2.24) is 0 Å². The van der Waals surface area contributed by atoms with E-state index in [0.717, 1.165) is 11.1 Å². The molecule has 0 aliphatic carbocycles. The molecule has 0 saturated heterocycles. The number of amides is 1. The summed E-state index contributed by atoms with van der Waals surface area (Å²) >= 11 is 6.10. The second kappa shape index (κ2) is 13.8. The van der Waals surface area contributed by atoms with Gasteiger partial charge in [-0.2, -0.15) is 0 Å². The number of hydrogen-bond acceptors (Lipinski definition) is 7. The van der Waals surface area contributed by atoms with Gasteiger partial charge >= 0.3 is 12.3 Å². The number of esters is 1. The number of halogens is 4. The lowest BCUT2D eigenvalue weighted by molar-refractivity contribution is -0.274. The van der Waals surface area contributed by atoms with Crippen molar-refractivity contribution >= 4 is 34.9 Å². The summed E-state index contributed by atoms with van der Waals surface area (Å²) in [6.07, 6.45) is -4.27. The highest BCUT2D eigenvalue weighted by Crippen LogP contribution is 2.36. The summed E-state index contributed by atoms with van der Waals surface area (Å²) in [5, 5.41) is 3.74. The lowest BCUT2D eigenvalue weighted by atomic mass is 10.0. The average molecular weight is 607 g/mol. The molecule has 42 heavy (non-hydrogen) atoms. The van der Waals surface area contributed by atoms with Gasteiger partial charge in [0.25, 0.3) is 5.91 Å². The molecule has 0 spiro atoms. The molecule has 3 aromatic carbocycles. The summed E-state index contributed by atoms with van der Waals surface area (Å²) in [5.41, 5.74) is 2.94. The van der Waals surface area contributed by atoms with E-state index in [2.05, 4.69) is 10.1 Å². The van der Waals surface area contributed by atoms with Crippen molar-refractivity contribution in [3.8, 4) is 11.5 Å². The fraction of sp³-hybridized carbons (Fsp3) is 0.333. The van der Waals surface area contributed by atoms with Crippen molar-refractivity contribution in [3.05, 3.63) is 82.4 Å². The molecule has 0 radical (unpaired) electrons. The smallest absolute Gasteiger partial charge is 0.497 e. The van der Waals surface area contributed by atoms with E-state index < -0.39 is 18.2 Å². The van der Waals surface area contributed by atoms with Gasteiger partial charge in [-0.05, 0) is 60.4 Å². The normalized spacial score (nSPS) is 13.3. The molecule has 8 nitrogen and oxygen atoms in total. The predicted molar refractivity (Wildman–Crippen MR) is 151 cm³/mol. The number of hydrogen-bond donors (Lipinski definition) is 1. The van der Waals surface area contributed by atoms with E-state index in [0.29, 0.717) is 40.7 Å². The Morgan fingerprint density at radius 1 is 1.05 bits per heavy atom. The Morgan fingerprint density at radius 3 is 2.50 bits per heavy atom. The summed E-state index contributed by atoms with van der Waals surface area (Å²) in [4.78, 5) is 27.1. The lowest BCUT2D eigenvalue weighted by Crippen LogP contribution is -2.37. The molecule has 0 aromatic heterocycles. The largest absolute Gasteiger partial charge is 0.573 e. The van der Waals surface area contributed by atoms with Crippen LogP contribution < -0.4 is 19.7 Å². The van der Waals surface area contributed by atoms with Crippen LogP contribution in [0.15, 0.2) is 60.7 Å². The van der Waals surface area contributed by atoms with Crippen LogP contribution >= 0.6 is 11.6 Å². The Kier molecular flexibility index (Phi) is 10.2. The van der Waals surface area contributed by atoms with Gasteiger partial charge in [-0.15, -0.1) is 13.2 Å². The van der Waals surface area contributed by atoms with Gasteiger partial charge in [0.1, 0.15) is 17.5 Å². The quantitative estimate of drug-likeness (QED) is 0.187. The Labute approximate surface area is 246 Å². The van der Waals surface area contributed by atoms with Gasteiger partial charge < -0.3 is 29.2 Å². The third-order valence-electron chi connectivity index (χ3n) is 6.44. The zero-order chi connectivity index (χ0) is 30.3. The van der Waals surface area contributed by atoms with Crippen molar-refractivity contribution in [2.24, 2.45) is 0 Å². The number of anilines is 2. The second-order valence-corrected chi connectivity index (χ2v) is 9.82. The van der Waals surface area contributed by atoms with Gasteiger partial charge in [0.05, 0.1) is 39.0 Å². The highest BCUT2D eigenvalue weighted by atomic mass is 35.5. The van der Waals surface area contributed by atoms with Crippen molar-refractivity contribution in [2.45, 2.75) is 38.8 Å². The van der Waals surface area contributed by atoms with Crippen LogP contribution in [0.5, 0.6) is 11.5 Å². The molecule has 1 amide bonds. The zero-order valence-electron chi connectivity index (χ0n) is 23.0. The zero-order valence-corrected chi connectivity index (χ0v) is 23.8. The van der Waals surface area contributed by atoms with Gasteiger partial charge in [0.2, 0.25) is 0 Å². The fourth-order valence-corrected chi connectivity index (χ4v) is 4.70. The number of alkyl halides is 3. The van der Waals surface area contributed by atoms with Crippen molar-refractivity contribution < 1.29 is 41.7 Å². The number of carbonyl (C=O) groups is 2. The molecule has 1 heterocycles. The standard InChI is InChI=1S/C30H30ClF3N2O6/c1-3-41-27(37)11-13-40-18-19-14-23(16-25(15-19)39-2)35-28(21-4-7-22(31)8-5-21)29(38)36-12-10-20-6-9-24(17-26(20)36)42-30(32,33)34/h4-9,14-17,28,35H,3,10-13,18H2,1-2H3. The third kappa shape index (κ3) is 8.29. The highest BCUT2D eigenvalue weighted by molar-refractivity contribution is 6.30. The second-order valence-electron chi connectivity index (χ2n) is 9.38. The number of ether oxygens (including phenoxy) is 4. The first-order valence-electron chi connectivity index (χ1n) is 13.2. The molecule has 1 unspecified atom stereocenters. The molecule has 0 fully saturated rings. The monoisotopic (exact) mass is 606 g/mol. The van der Waals surface area contributed by atoms with E-state index in [1.165, 1.54) is 30.2 Å². The van der Waals surface area contributed by atoms with Crippen molar-refractivity contribution in [3.63, 3.8) is 0 Å². The van der Waals surface area contributed by atoms with E-state index in [1.54, 1.807) is 49.4 Å². The molecule has 1 aliphatic heterocycles. The number of benzene rings is 3. The number of carbonyl (C=O) groups excluding carboxylic acids is 2. The lowest BCUT2D eigenvalue weighted by Gasteiger charge is -2.27. The van der Waals surface area contributed by atoms with Crippen LogP contribution in [0.2, 0.25) is 5.02 Å². The molecule has 1 atom stereocenters. The van der Waals surface area contributed by atoms with E-state index >= 15 is 0 Å². The first-order valence-corrected chi connectivity index (χ1v) is 13.6. The number of nitrogens with zero attached hydrogens (tertiary/aromatic N) is 1. The van der Waals surface area contributed by atoms with Gasteiger partial charge in [-0.25, -0.2) is 0 Å². The van der Waals surface area contributed by atoms with Crippen LogP contribution in [0.4, 0.5) is 24.5 Å². The molecular weight excluding hydrogens is 577 g/mol. The minimum Gasteiger partial charge on any atom is -0.497 e. The molecule has 224 valence electrons. The van der Waals surface area contributed by atoms with Crippen LogP contribution in [0.3, 0.4) is 0 Å². The van der Waals surface area contributed by atoms with Crippen LogP contribution in [-0.2, 0) is 32.1 Å². The summed E-state index contributed by atoms with van der Waals surface area (Å²) in [6.45, 7) is 2.65. The van der Waals surface area contributed by atoms with Gasteiger partial charge in [0.15, 0.2) is 0 Å². The van der Waals surface area contributed by atoms with E-state index in [-0.39, 0.29) is 38.1 Å². The van der Waals surface area contributed by atoms with E-state index in [1.807, 2.05) is 0 Å². The van der Waals surface area contributed by atoms with Crippen molar-refractivity contribution in [2.75, 3.05) is 37.1 Å². The SMILES string of the molecule is CCOC(=O)CCOCc1cc(NC(C(=O)N2CCc3ccc(OC(F)(F)F)cc32)c2ccc(Cl)cc2)cc(OC)c1. The average Bonchev–Trinajstić information content (AvgIpc) is 3.37. The molecule has 0 saturated carbocycles. The maximum Gasteiger partial charge on any atom is 0.573 e. The Morgan fingerprint density at radius 2 is 1.81 bits per heavy atom. The molecule has 1 N–H and O–H groups in total.